The Bertz CT molecular complexity index is 132. The van der Waals surface area contributed by atoms with Crippen LogP contribution in [0, 0.1) is 0 Å². The molecule has 0 aromatic carbocycles. The Labute approximate surface area is 51.7 Å². The van der Waals surface area contributed by atoms with Gasteiger partial charge in [0.15, 0.2) is 0 Å². The first-order valence-electron chi connectivity index (χ1n) is 2.43. The van der Waals surface area contributed by atoms with Crippen molar-refractivity contribution in [2.24, 2.45) is 10.2 Å². The fourth-order valence-electron chi connectivity index (χ4n) is 0.302. The second-order valence-corrected chi connectivity index (χ2v) is 1.26. The summed E-state index contributed by atoms with van der Waals surface area (Å²) in [5.74, 6) is 0. The summed E-state index contributed by atoms with van der Waals surface area (Å²) in [6, 6.07) is 0. The highest BCUT2D eigenvalue weighted by molar-refractivity contribution is 4.50. The molecule has 48 valence electrons. The lowest BCUT2D eigenvalue weighted by Gasteiger charge is -1.82. The van der Waals surface area contributed by atoms with Crippen molar-refractivity contribution in [1.82, 2.24) is 0 Å². The third-order valence-electron chi connectivity index (χ3n) is 0.643. The van der Waals surface area contributed by atoms with Gasteiger partial charge in [-0.2, -0.15) is 0 Å². The Hall–Kier alpha value is -1.38. The summed E-state index contributed by atoms with van der Waals surface area (Å²) >= 11 is 0. The summed E-state index contributed by atoms with van der Waals surface area (Å²) in [6.45, 7) is 0.797. The van der Waals surface area contributed by atoms with Crippen LogP contribution in [-0.2, 0) is 0 Å². The molecule has 9 heavy (non-hydrogen) atoms. The predicted molar refractivity (Wildman–Crippen MR) is 32.6 cm³/mol. The highest BCUT2D eigenvalue weighted by Gasteiger charge is 1.78. The molecule has 0 aromatic rings. The maximum absolute atomic E-state index is 7.78. The minimum Gasteiger partial charge on any atom is -0.0940 e. The Morgan fingerprint density at radius 2 is 1.44 bits per heavy atom. The second kappa shape index (κ2) is 6.62. The van der Waals surface area contributed by atoms with E-state index in [-0.39, 0.29) is 0 Å². The maximum atomic E-state index is 7.78. The number of nitrogens with zero attached hydrogens (tertiary/aromatic N) is 6. The van der Waals surface area contributed by atoms with Crippen LogP contribution in [0.4, 0.5) is 0 Å². The van der Waals surface area contributed by atoms with E-state index in [2.05, 4.69) is 20.1 Å². The summed E-state index contributed by atoms with van der Waals surface area (Å²) in [4.78, 5) is 5.05. The van der Waals surface area contributed by atoms with Crippen molar-refractivity contribution in [1.29, 1.82) is 0 Å². The predicted octanol–water partition coefficient (Wildman–Crippen LogP) is 2.00. The monoisotopic (exact) mass is 126 g/mol. The van der Waals surface area contributed by atoms with Crippen molar-refractivity contribution in [3.05, 3.63) is 20.9 Å². The molecule has 0 aliphatic rings. The van der Waals surface area contributed by atoms with Crippen LogP contribution in [0.15, 0.2) is 10.2 Å². The minimum absolute atomic E-state index is 0.398. The molecule has 0 saturated carbocycles. The molecular formula is C3H6N6. The summed E-state index contributed by atoms with van der Waals surface area (Å²) in [6.07, 6.45) is 0.619. The molecule has 0 aromatic heterocycles. The molecule has 0 bridgehead atoms. The van der Waals surface area contributed by atoms with E-state index in [1.165, 1.54) is 0 Å². The van der Waals surface area contributed by atoms with E-state index in [9.17, 15) is 0 Å². The van der Waals surface area contributed by atoms with Gasteiger partial charge in [0.05, 0.1) is 0 Å². The van der Waals surface area contributed by atoms with Crippen LogP contribution in [0.1, 0.15) is 6.42 Å². The average Bonchev–Trinajstić information content (AvgIpc) is 1.89. The van der Waals surface area contributed by atoms with Crippen molar-refractivity contribution in [3.63, 3.8) is 0 Å². The van der Waals surface area contributed by atoms with Gasteiger partial charge in [0.2, 0.25) is 0 Å². The van der Waals surface area contributed by atoms with Gasteiger partial charge in [0.25, 0.3) is 0 Å². The zero-order valence-corrected chi connectivity index (χ0v) is 4.80. The lowest BCUT2D eigenvalue weighted by atomic mass is 10.4. The molecule has 0 N–H and O–H groups in total. The standard InChI is InChI=1S/C3H6N6/c4-8-6-2-1-3-7-9-5/h1-3H2. The summed E-state index contributed by atoms with van der Waals surface area (Å²) < 4.78 is 0. The number of hydrogen-bond donors (Lipinski definition) is 0. The highest BCUT2D eigenvalue weighted by Crippen LogP contribution is 1.82. The fraction of sp³-hybridized carbons (Fsp3) is 1.00. The zero-order chi connectivity index (χ0) is 6.95. The van der Waals surface area contributed by atoms with Gasteiger partial charge in [0.1, 0.15) is 0 Å². The van der Waals surface area contributed by atoms with Gasteiger partial charge < -0.3 is 0 Å². The SMILES string of the molecule is [N-]=[N+]=NCCCN=[N+]=[N-]. The van der Waals surface area contributed by atoms with E-state index in [1.807, 2.05) is 0 Å². The van der Waals surface area contributed by atoms with Crippen LogP contribution in [-0.4, -0.2) is 13.1 Å². The molecule has 6 heteroatoms. The van der Waals surface area contributed by atoms with E-state index in [0.29, 0.717) is 19.5 Å². The molecule has 0 radical (unpaired) electrons. The van der Waals surface area contributed by atoms with Gasteiger partial charge >= 0.3 is 0 Å². The molecule has 0 spiro atoms. The summed E-state index contributed by atoms with van der Waals surface area (Å²) in [5, 5.41) is 6.48. The van der Waals surface area contributed by atoms with Crippen molar-refractivity contribution >= 4 is 0 Å². The Kier molecular flexibility index (Phi) is 5.60. The van der Waals surface area contributed by atoms with Crippen LogP contribution in [0.25, 0.3) is 20.9 Å². The van der Waals surface area contributed by atoms with Gasteiger partial charge in [-0.25, -0.2) is 0 Å². The normalized spacial score (nSPS) is 7.11. The lowest BCUT2D eigenvalue weighted by Crippen LogP contribution is -1.81. The topological polar surface area (TPSA) is 97.5 Å². The second-order valence-electron chi connectivity index (χ2n) is 1.26. The maximum Gasteiger partial charge on any atom is 0.0259 e. The Morgan fingerprint density at radius 3 is 1.78 bits per heavy atom. The molecule has 6 nitrogen and oxygen atoms in total. The van der Waals surface area contributed by atoms with Crippen LogP contribution in [0.3, 0.4) is 0 Å². The smallest absolute Gasteiger partial charge is 0.0259 e. The summed E-state index contributed by atoms with van der Waals surface area (Å²) in [5.41, 5.74) is 15.6. The number of hydrogen-bond acceptors (Lipinski definition) is 2. The Balaban J connectivity index is 3.09. The van der Waals surface area contributed by atoms with E-state index in [0.717, 1.165) is 0 Å². The van der Waals surface area contributed by atoms with Crippen molar-refractivity contribution < 1.29 is 0 Å². The lowest BCUT2D eigenvalue weighted by molar-refractivity contribution is 0.833. The molecule has 0 amide bonds. The van der Waals surface area contributed by atoms with Crippen LogP contribution >= 0.6 is 0 Å². The van der Waals surface area contributed by atoms with E-state index >= 15 is 0 Å². The largest absolute Gasteiger partial charge is 0.0940 e. The molecule has 0 rings (SSSR count). The molecule has 0 saturated heterocycles. The van der Waals surface area contributed by atoms with Crippen molar-refractivity contribution in [3.8, 4) is 0 Å². The van der Waals surface area contributed by atoms with Crippen molar-refractivity contribution in [2.45, 2.75) is 6.42 Å². The van der Waals surface area contributed by atoms with Gasteiger partial charge in [-0.15, -0.1) is 0 Å². The van der Waals surface area contributed by atoms with Gasteiger partial charge in [0, 0.05) is 22.9 Å². The minimum atomic E-state index is 0.398. The average molecular weight is 126 g/mol. The molecule has 0 unspecified atom stereocenters. The van der Waals surface area contributed by atoms with Gasteiger partial charge in [-0.05, 0) is 17.5 Å². The van der Waals surface area contributed by atoms with E-state index in [1.54, 1.807) is 0 Å². The zero-order valence-electron chi connectivity index (χ0n) is 4.80. The Morgan fingerprint density at radius 1 is 1.00 bits per heavy atom. The third-order valence-corrected chi connectivity index (χ3v) is 0.643. The molecule has 0 heterocycles. The number of rotatable bonds is 4. The van der Waals surface area contributed by atoms with Gasteiger partial charge in [-0.3, -0.25) is 0 Å². The van der Waals surface area contributed by atoms with Gasteiger partial charge in [-0.1, -0.05) is 10.2 Å². The molecule has 0 atom stereocenters. The third kappa shape index (κ3) is 6.62. The molecule has 0 aliphatic heterocycles. The first-order chi connectivity index (χ1) is 4.41. The van der Waals surface area contributed by atoms with E-state index in [4.69, 9.17) is 11.1 Å². The highest BCUT2D eigenvalue weighted by atomic mass is 15.1. The quantitative estimate of drug-likeness (QED) is 0.238. The van der Waals surface area contributed by atoms with Crippen LogP contribution < -0.4 is 0 Å². The first kappa shape index (κ1) is 7.62. The van der Waals surface area contributed by atoms with Crippen molar-refractivity contribution in [2.75, 3.05) is 13.1 Å². The van der Waals surface area contributed by atoms with Crippen LogP contribution in [0.5, 0.6) is 0 Å². The first-order valence-corrected chi connectivity index (χ1v) is 2.43. The number of azide groups is 2. The molecule has 0 fully saturated rings. The molecular weight excluding hydrogens is 120 g/mol. The summed E-state index contributed by atoms with van der Waals surface area (Å²) in [7, 11) is 0. The fourth-order valence-corrected chi connectivity index (χ4v) is 0.302. The molecule has 0 aliphatic carbocycles. The van der Waals surface area contributed by atoms with Crippen LogP contribution in [0.2, 0.25) is 0 Å². The van der Waals surface area contributed by atoms with E-state index < -0.39 is 0 Å².